The molecule has 11 rings (SSSR count). The minimum atomic E-state index is 0.613. The summed E-state index contributed by atoms with van der Waals surface area (Å²) in [6.07, 6.45) is 0. The van der Waals surface area contributed by atoms with Crippen molar-refractivity contribution in [2.24, 2.45) is 0 Å². The summed E-state index contributed by atoms with van der Waals surface area (Å²) in [7, 11) is 0. The number of rotatable bonds is 6. The van der Waals surface area contributed by atoms with Crippen LogP contribution in [0, 0.1) is 0 Å². The fourth-order valence-electron chi connectivity index (χ4n) is 8.07. The second-order valence-corrected chi connectivity index (χ2v) is 15.2. The number of furan rings is 1. The third-order valence-corrected chi connectivity index (χ3v) is 11.8. The Morgan fingerprint density at radius 3 is 1.61 bits per heavy atom. The van der Waals surface area contributed by atoms with E-state index in [2.05, 4.69) is 182 Å². The smallest absolute Gasteiger partial charge is 0.164 e. The number of benzene rings is 8. The van der Waals surface area contributed by atoms with Gasteiger partial charge in [-0.25, -0.2) is 9.97 Å². The minimum absolute atomic E-state index is 0.613. The van der Waals surface area contributed by atoms with E-state index in [0.29, 0.717) is 5.82 Å². The number of para-hydroxylation sites is 1. The molecular weight excluding hydrogens is 701 g/mol. The molecular formula is C52H32N2OS. The van der Waals surface area contributed by atoms with Gasteiger partial charge in [-0.15, -0.1) is 11.3 Å². The maximum Gasteiger partial charge on any atom is 0.164 e. The average Bonchev–Trinajstić information content (AvgIpc) is 3.86. The average molecular weight is 733 g/mol. The lowest BCUT2D eigenvalue weighted by Gasteiger charge is -2.14. The maximum atomic E-state index is 6.85. The van der Waals surface area contributed by atoms with Crippen LogP contribution in [-0.2, 0) is 0 Å². The molecule has 0 bridgehead atoms. The summed E-state index contributed by atoms with van der Waals surface area (Å²) in [5.74, 6) is 0.613. The lowest BCUT2D eigenvalue weighted by molar-refractivity contribution is 0.669. The molecule has 8 aromatic carbocycles. The molecule has 262 valence electrons. The number of nitrogens with zero attached hydrogens (tertiary/aromatic N) is 2. The van der Waals surface area contributed by atoms with Crippen molar-refractivity contribution in [3.63, 3.8) is 0 Å². The van der Waals surface area contributed by atoms with Gasteiger partial charge in [0.2, 0.25) is 0 Å². The van der Waals surface area contributed by atoms with Crippen LogP contribution in [0.2, 0.25) is 0 Å². The molecule has 0 amide bonds. The highest BCUT2D eigenvalue weighted by Crippen LogP contribution is 2.46. The van der Waals surface area contributed by atoms with E-state index in [-0.39, 0.29) is 0 Å². The van der Waals surface area contributed by atoms with E-state index in [9.17, 15) is 0 Å². The van der Waals surface area contributed by atoms with Gasteiger partial charge >= 0.3 is 0 Å². The molecule has 3 aromatic heterocycles. The summed E-state index contributed by atoms with van der Waals surface area (Å²) in [5.41, 5.74) is 13.1. The van der Waals surface area contributed by atoms with Gasteiger partial charge < -0.3 is 4.42 Å². The van der Waals surface area contributed by atoms with Gasteiger partial charge in [0.25, 0.3) is 0 Å². The normalized spacial score (nSPS) is 11.6. The summed E-state index contributed by atoms with van der Waals surface area (Å²) >= 11 is 1.84. The summed E-state index contributed by atoms with van der Waals surface area (Å²) in [5, 5.41) is 4.67. The molecule has 0 fully saturated rings. The van der Waals surface area contributed by atoms with Crippen LogP contribution in [0.25, 0.3) is 109 Å². The van der Waals surface area contributed by atoms with Crippen LogP contribution in [-0.4, -0.2) is 9.97 Å². The first-order valence-electron chi connectivity index (χ1n) is 18.8. The van der Waals surface area contributed by atoms with Gasteiger partial charge in [0.15, 0.2) is 5.82 Å². The fourth-order valence-corrected chi connectivity index (χ4v) is 9.20. The minimum Gasteiger partial charge on any atom is -0.455 e. The standard InChI is InChI=1S/C52H32N2OS/c1-4-15-33(16-5-1)36-29-37(34-17-6-2-7-18-34)31-38(30-36)45-32-44(35-19-8-3-9-20-35)53-52(54-45)43-28-27-40(50-41-21-10-12-24-46(41)55-51(43)50)39-23-14-26-48-49(39)42-22-11-13-25-47(42)56-48/h1-32H. The van der Waals surface area contributed by atoms with Crippen molar-refractivity contribution in [2.45, 2.75) is 0 Å². The summed E-state index contributed by atoms with van der Waals surface area (Å²) in [6, 6.07) is 68.4. The molecule has 0 aliphatic heterocycles. The van der Waals surface area contributed by atoms with E-state index in [1.807, 2.05) is 23.5 Å². The lowest BCUT2D eigenvalue weighted by atomic mass is 9.93. The highest BCUT2D eigenvalue weighted by Gasteiger charge is 2.22. The molecule has 0 saturated carbocycles. The van der Waals surface area contributed by atoms with E-state index in [0.717, 1.165) is 77.8 Å². The first-order valence-corrected chi connectivity index (χ1v) is 19.6. The molecule has 0 aliphatic carbocycles. The molecule has 3 heterocycles. The molecule has 0 atom stereocenters. The summed E-state index contributed by atoms with van der Waals surface area (Å²) in [6.45, 7) is 0. The molecule has 0 N–H and O–H groups in total. The first-order chi connectivity index (χ1) is 27.7. The predicted molar refractivity (Wildman–Crippen MR) is 235 cm³/mol. The second kappa shape index (κ2) is 13.3. The van der Waals surface area contributed by atoms with Crippen LogP contribution in [0.3, 0.4) is 0 Å². The Balaban J connectivity index is 1.17. The maximum absolute atomic E-state index is 6.85. The monoisotopic (exact) mass is 732 g/mol. The number of hydrogen-bond donors (Lipinski definition) is 0. The number of aromatic nitrogens is 2. The number of thiophene rings is 1. The van der Waals surface area contributed by atoms with Gasteiger partial charge in [-0.1, -0.05) is 146 Å². The van der Waals surface area contributed by atoms with Crippen molar-refractivity contribution in [3.8, 4) is 67.3 Å². The van der Waals surface area contributed by atoms with Crippen LogP contribution in [0.5, 0.6) is 0 Å². The van der Waals surface area contributed by atoms with Gasteiger partial charge in [0.1, 0.15) is 11.2 Å². The van der Waals surface area contributed by atoms with E-state index in [4.69, 9.17) is 14.4 Å². The molecule has 0 spiro atoms. The third kappa shape index (κ3) is 5.50. The van der Waals surface area contributed by atoms with Gasteiger partial charge in [0, 0.05) is 42.1 Å². The highest BCUT2D eigenvalue weighted by molar-refractivity contribution is 7.25. The molecule has 3 nitrogen and oxygen atoms in total. The fraction of sp³-hybridized carbons (Fsp3) is 0. The third-order valence-electron chi connectivity index (χ3n) is 10.7. The molecule has 56 heavy (non-hydrogen) atoms. The Hall–Kier alpha value is -7.14. The molecule has 0 saturated heterocycles. The van der Waals surface area contributed by atoms with Gasteiger partial charge in [0.05, 0.1) is 17.0 Å². The lowest BCUT2D eigenvalue weighted by Crippen LogP contribution is -1.97. The zero-order valence-electron chi connectivity index (χ0n) is 30.2. The summed E-state index contributed by atoms with van der Waals surface area (Å²) in [4.78, 5) is 10.7. The van der Waals surface area contributed by atoms with Crippen molar-refractivity contribution < 1.29 is 4.42 Å². The highest BCUT2D eigenvalue weighted by atomic mass is 32.1. The quantitative estimate of drug-likeness (QED) is 0.171. The van der Waals surface area contributed by atoms with Crippen molar-refractivity contribution >= 4 is 53.4 Å². The molecule has 11 aromatic rings. The summed E-state index contributed by atoms with van der Waals surface area (Å²) < 4.78 is 9.40. The van der Waals surface area contributed by atoms with Crippen molar-refractivity contribution in [3.05, 3.63) is 194 Å². The van der Waals surface area contributed by atoms with Crippen molar-refractivity contribution in [1.29, 1.82) is 0 Å². The Morgan fingerprint density at radius 2 is 0.893 bits per heavy atom. The zero-order valence-corrected chi connectivity index (χ0v) is 31.0. The molecule has 0 aliphatic rings. The topological polar surface area (TPSA) is 38.9 Å². The Kier molecular flexibility index (Phi) is 7.68. The predicted octanol–water partition coefficient (Wildman–Crippen LogP) is 14.7. The van der Waals surface area contributed by atoms with E-state index < -0.39 is 0 Å². The van der Waals surface area contributed by atoms with Crippen molar-refractivity contribution in [2.75, 3.05) is 0 Å². The van der Waals surface area contributed by atoms with Gasteiger partial charge in [-0.2, -0.15) is 0 Å². The van der Waals surface area contributed by atoms with Gasteiger partial charge in [-0.3, -0.25) is 0 Å². The zero-order chi connectivity index (χ0) is 37.0. The van der Waals surface area contributed by atoms with Crippen molar-refractivity contribution in [1.82, 2.24) is 9.97 Å². The van der Waals surface area contributed by atoms with Crippen LogP contribution in [0.15, 0.2) is 199 Å². The second-order valence-electron chi connectivity index (χ2n) is 14.1. The Labute approximate surface area is 327 Å². The first kappa shape index (κ1) is 32.3. The van der Waals surface area contributed by atoms with E-state index in [1.54, 1.807) is 0 Å². The Bertz CT molecular complexity index is 3180. The Morgan fingerprint density at radius 1 is 0.357 bits per heavy atom. The number of hydrogen-bond acceptors (Lipinski definition) is 4. The van der Waals surface area contributed by atoms with Crippen LogP contribution >= 0.6 is 11.3 Å². The van der Waals surface area contributed by atoms with Crippen LogP contribution in [0.1, 0.15) is 0 Å². The molecule has 0 radical (unpaired) electrons. The molecule has 0 unspecified atom stereocenters. The van der Waals surface area contributed by atoms with Crippen LogP contribution < -0.4 is 0 Å². The SMILES string of the molecule is c1ccc(-c2cc(-c3ccccc3)cc(-c3cc(-c4ccccc4)nc(-c4ccc(-c5cccc6sc7ccccc7c56)c5c4oc4ccccc45)n3)c2)cc1. The number of fused-ring (bicyclic) bond motifs is 6. The van der Waals surface area contributed by atoms with Crippen LogP contribution in [0.4, 0.5) is 0 Å². The van der Waals surface area contributed by atoms with Gasteiger partial charge in [-0.05, 0) is 81.9 Å². The van der Waals surface area contributed by atoms with E-state index >= 15 is 0 Å². The molecule has 4 heteroatoms. The van der Waals surface area contributed by atoms with E-state index in [1.165, 1.54) is 25.7 Å². The largest absolute Gasteiger partial charge is 0.455 e.